The van der Waals surface area contributed by atoms with Gasteiger partial charge in [0.25, 0.3) is 5.91 Å². The second-order valence-corrected chi connectivity index (χ2v) is 8.99. The van der Waals surface area contributed by atoms with Crippen LogP contribution in [0.5, 0.6) is 0 Å². The number of nitrogens with zero attached hydrogens (tertiary/aromatic N) is 4. The van der Waals surface area contributed by atoms with Crippen LogP contribution in [0.2, 0.25) is 0 Å². The van der Waals surface area contributed by atoms with Crippen molar-refractivity contribution in [1.82, 2.24) is 20.4 Å². The fraction of sp³-hybridized carbons (Fsp3) is 0.385. The van der Waals surface area contributed by atoms with Crippen molar-refractivity contribution in [3.63, 3.8) is 0 Å². The molecule has 3 aromatic rings. The Bertz CT molecular complexity index is 1170. The lowest BCUT2D eigenvalue weighted by Gasteiger charge is -2.33. The SMILES string of the molecule is CN(C)C(=O)c1cc(COC(=O)NCCC2CCN(c3cccc(-c4ccc(F)cc4)n3)CC2)on1. The van der Waals surface area contributed by atoms with E-state index in [0.717, 1.165) is 49.4 Å². The van der Waals surface area contributed by atoms with Crippen molar-refractivity contribution in [2.45, 2.75) is 25.9 Å². The number of nitrogens with one attached hydrogen (secondary N) is 1. The first kappa shape index (κ1) is 25.2. The predicted octanol–water partition coefficient (Wildman–Crippen LogP) is 4.11. The molecule has 2 aromatic heterocycles. The molecule has 4 rings (SSSR count). The summed E-state index contributed by atoms with van der Waals surface area (Å²) < 4.78 is 23.4. The number of carbonyl (C=O) groups is 2. The molecular weight excluding hydrogens is 465 g/mol. The molecule has 0 spiro atoms. The molecule has 1 N–H and O–H groups in total. The highest BCUT2D eigenvalue weighted by Gasteiger charge is 2.21. The molecule has 3 heterocycles. The molecule has 1 aliphatic heterocycles. The van der Waals surface area contributed by atoms with Gasteiger partial charge in [0.1, 0.15) is 11.6 Å². The fourth-order valence-electron chi connectivity index (χ4n) is 4.11. The highest BCUT2D eigenvalue weighted by Crippen LogP contribution is 2.26. The molecule has 190 valence electrons. The normalized spacial score (nSPS) is 13.9. The molecule has 0 radical (unpaired) electrons. The van der Waals surface area contributed by atoms with E-state index < -0.39 is 6.09 Å². The largest absolute Gasteiger partial charge is 0.441 e. The van der Waals surface area contributed by atoms with Crippen LogP contribution in [0.4, 0.5) is 15.0 Å². The molecule has 1 saturated heterocycles. The molecule has 0 unspecified atom stereocenters. The molecule has 9 nitrogen and oxygen atoms in total. The number of amides is 2. The number of aromatic nitrogens is 2. The molecular formula is C26H30FN5O4. The minimum absolute atomic E-state index is 0.0953. The molecule has 2 amide bonds. The maximum Gasteiger partial charge on any atom is 0.407 e. The second kappa shape index (κ2) is 11.7. The van der Waals surface area contributed by atoms with Crippen LogP contribution in [0.15, 0.2) is 53.1 Å². The van der Waals surface area contributed by atoms with Gasteiger partial charge in [-0.3, -0.25) is 4.79 Å². The minimum atomic E-state index is -0.536. The smallest absolute Gasteiger partial charge is 0.407 e. The van der Waals surface area contributed by atoms with E-state index in [2.05, 4.69) is 15.4 Å². The lowest BCUT2D eigenvalue weighted by Crippen LogP contribution is -2.35. The Balaban J connectivity index is 1.17. The molecule has 0 aliphatic carbocycles. The molecule has 0 bridgehead atoms. The van der Waals surface area contributed by atoms with E-state index in [1.165, 1.54) is 23.1 Å². The average Bonchev–Trinajstić information content (AvgIpc) is 3.37. The van der Waals surface area contributed by atoms with Gasteiger partial charge in [-0.25, -0.2) is 14.2 Å². The van der Waals surface area contributed by atoms with Crippen LogP contribution >= 0.6 is 0 Å². The van der Waals surface area contributed by atoms with Gasteiger partial charge in [-0.2, -0.15) is 0 Å². The summed E-state index contributed by atoms with van der Waals surface area (Å²) in [7, 11) is 3.24. The first-order valence-corrected chi connectivity index (χ1v) is 11.9. The number of halogens is 1. The molecule has 10 heteroatoms. The number of hydrogen-bond acceptors (Lipinski definition) is 7. The third kappa shape index (κ3) is 6.59. The van der Waals surface area contributed by atoms with Crippen molar-refractivity contribution < 1.29 is 23.2 Å². The number of piperidine rings is 1. The summed E-state index contributed by atoms with van der Waals surface area (Å²) >= 11 is 0. The van der Waals surface area contributed by atoms with Gasteiger partial charge in [-0.15, -0.1) is 0 Å². The van der Waals surface area contributed by atoms with Crippen molar-refractivity contribution in [1.29, 1.82) is 0 Å². The Morgan fingerprint density at radius 1 is 1.17 bits per heavy atom. The summed E-state index contributed by atoms with van der Waals surface area (Å²) in [5.74, 6) is 1.17. The van der Waals surface area contributed by atoms with Gasteiger partial charge < -0.3 is 24.4 Å². The highest BCUT2D eigenvalue weighted by molar-refractivity contribution is 5.91. The van der Waals surface area contributed by atoms with Gasteiger partial charge in [-0.1, -0.05) is 11.2 Å². The van der Waals surface area contributed by atoms with Gasteiger partial charge >= 0.3 is 6.09 Å². The highest BCUT2D eigenvalue weighted by atomic mass is 19.1. The van der Waals surface area contributed by atoms with E-state index >= 15 is 0 Å². The van der Waals surface area contributed by atoms with E-state index in [9.17, 15) is 14.0 Å². The van der Waals surface area contributed by atoms with Gasteiger partial charge in [0.2, 0.25) is 0 Å². The Kier molecular flexibility index (Phi) is 8.14. The van der Waals surface area contributed by atoms with Crippen LogP contribution in [0.25, 0.3) is 11.3 Å². The number of benzene rings is 1. The summed E-state index contributed by atoms with van der Waals surface area (Å²) in [5, 5.41) is 6.46. The fourth-order valence-corrected chi connectivity index (χ4v) is 4.11. The number of hydrogen-bond donors (Lipinski definition) is 1. The van der Waals surface area contributed by atoms with E-state index in [1.54, 1.807) is 26.2 Å². The van der Waals surface area contributed by atoms with Crippen LogP contribution in [0.3, 0.4) is 0 Å². The maximum atomic E-state index is 13.2. The lowest BCUT2D eigenvalue weighted by molar-refractivity contribution is 0.0816. The number of pyridine rings is 1. The van der Waals surface area contributed by atoms with Crippen molar-refractivity contribution in [2.75, 3.05) is 38.6 Å². The number of rotatable bonds is 8. The molecule has 1 aromatic carbocycles. The van der Waals surface area contributed by atoms with Crippen LogP contribution in [-0.2, 0) is 11.3 Å². The van der Waals surface area contributed by atoms with Gasteiger partial charge in [-0.05, 0) is 61.6 Å². The zero-order valence-electron chi connectivity index (χ0n) is 20.4. The number of ether oxygens (including phenoxy) is 1. The molecule has 0 saturated carbocycles. The molecule has 0 atom stereocenters. The Labute approximate surface area is 209 Å². The summed E-state index contributed by atoms with van der Waals surface area (Å²) in [6.45, 7) is 2.19. The number of anilines is 1. The van der Waals surface area contributed by atoms with Gasteiger partial charge in [0.05, 0.1) is 5.69 Å². The second-order valence-electron chi connectivity index (χ2n) is 8.99. The lowest BCUT2D eigenvalue weighted by atomic mass is 9.93. The van der Waals surface area contributed by atoms with E-state index in [4.69, 9.17) is 14.2 Å². The van der Waals surface area contributed by atoms with Crippen LogP contribution in [0.1, 0.15) is 35.5 Å². The third-order valence-electron chi connectivity index (χ3n) is 6.16. The first-order valence-electron chi connectivity index (χ1n) is 11.9. The van der Waals surface area contributed by atoms with Gasteiger partial charge in [0.15, 0.2) is 18.1 Å². The van der Waals surface area contributed by atoms with Gasteiger partial charge in [0, 0.05) is 45.4 Å². The van der Waals surface area contributed by atoms with E-state index in [0.29, 0.717) is 18.2 Å². The van der Waals surface area contributed by atoms with Crippen molar-refractivity contribution in [2.24, 2.45) is 5.92 Å². The zero-order chi connectivity index (χ0) is 25.5. The Morgan fingerprint density at radius 2 is 1.92 bits per heavy atom. The Hall–Kier alpha value is -3.95. The molecule has 36 heavy (non-hydrogen) atoms. The van der Waals surface area contributed by atoms with Crippen LogP contribution in [0, 0.1) is 11.7 Å². The standard InChI is InChI=1S/C26H30FN5O4/c1-31(2)25(33)23-16-21(36-30-23)17-35-26(34)28-13-10-18-11-14-32(15-12-18)24-5-3-4-22(29-24)19-6-8-20(27)9-7-19/h3-9,16,18H,10-15,17H2,1-2H3,(H,28,34). The summed E-state index contributed by atoms with van der Waals surface area (Å²) in [6.07, 6.45) is 2.32. The third-order valence-corrected chi connectivity index (χ3v) is 6.16. The van der Waals surface area contributed by atoms with Crippen molar-refractivity contribution >= 4 is 17.8 Å². The summed E-state index contributed by atoms with van der Waals surface area (Å²) in [6, 6.07) is 13.7. The summed E-state index contributed by atoms with van der Waals surface area (Å²) in [5.41, 5.74) is 1.88. The first-order chi connectivity index (χ1) is 17.4. The zero-order valence-corrected chi connectivity index (χ0v) is 20.4. The van der Waals surface area contributed by atoms with Crippen LogP contribution < -0.4 is 10.2 Å². The number of alkyl carbamates (subject to hydrolysis) is 1. The van der Waals surface area contributed by atoms with E-state index in [-0.39, 0.29) is 24.0 Å². The number of carbonyl (C=O) groups excluding carboxylic acids is 2. The van der Waals surface area contributed by atoms with Crippen molar-refractivity contribution in [3.8, 4) is 11.3 Å². The average molecular weight is 496 g/mol. The van der Waals surface area contributed by atoms with Crippen LogP contribution in [-0.4, -0.2) is 60.8 Å². The maximum absolute atomic E-state index is 13.2. The molecule has 1 aliphatic rings. The molecule has 1 fully saturated rings. The summed E-state index contributed by atoms with van der Waals surface area (Å²) in [4.78, 5) is 32.3. The minimum Gasteiger partial charge on any atom is -0.441 e. The van der Waals surface area contributed by atoms with Crippen molar-refractivity contribution in [3.05, 3.63) is 65.8 Å². The topological polar surface area (TPSA) is 101 Å². The van der Waals surface area contributed by atoms with E-state index in [1.807, 2.05) is 18.2 Å². The Morgan fingerprint density at radius 3 is 2.64 bits per heavy atom. The predicted molar refractivity (Wildman–Crippen MR) is 132 cm³/mol. The quantitative estimate of drug-likeness (QED) is 0.502. The monoisotopic (exact) mass is 495 g/mol.